The van der Waals surface area contributed by atoms with E-state index in [1.54, 1.807) is 18.3 Å². The number of fused-ring (bicyclic) bond motifs is 1. The summed E-state index contributed by atoms with van der Waals surface area (Å²) in [7, 11) is 0. The molecule has 1 atom stereocenters. The van der Waals surface area contributed by atoms with Gasteiger partial charge in [-0.3, -0.25) is 4.79 Å². The second-order valence-electron chi connectivity index (χ2n) is 4.32. The lowest BCUT2D eigenvalue weighted by molar-refractivity contribution is 0.0871. The molecule has 0 saturated carbocycles. The van der Waals surface area contributed by atoms with Crippen LogP contribution in [0.15, 0.2) is 6.07 Å². The Morgan fingerprint density at radius 3 is 3.00 bits per heavy atom. The van der Waals surface area contributed by atoms with E-state index in [0.717, 1.165) is 28.2 Å². The van der Waals surface area contributed by atoms with Crippen molar-refractivity contribution in [1.29, 1.82) is 5.26 Å². The van der Waals surface area contributed by atoms with E-state index in [2.05, 4.69) is 6.07 Å². The van der Waals surface area contributed by atoms with Crippen molar-refractivity contribution in [1.82, 2.24) is 0 Å². The summed E-state index contributed by atoms with van der Waals surface area (Å²) in [6, 6.07) is 4.11. The first-order valence-corrected chi connectivity index (χ1v) is 5.94. The van der Waals surface area contributed by atoms with E-state index in [1.807, 2.05) is 13.0 Å². The predicted molar refractivity (Wildman–Crippen MR) is 60.0 cm³/mol. The van der Waals surface area contributed by atoms with E-state index in [0.29, 0.717) is 6.42 Å². The molecular weight excluding hydrogens is 206 g/mol. The third kappa shape index (κ3) is 1.59. The first-order chi connectivity index (χ1) is 7.07. The average Bonchev–Trinajstić information content (AvgIpc) is 2.53. The molecule has 1 aliphatic carbocycles. The Morgan fingerprint density at radius 2 is 2.33 bits per heavy atom. The lowest BCUT2D eigenvalue weighted by Gasteiger charge is -2.16. The predicted octanol–water partition coefficient (Wildman–Crippen LogP) is 3.11. The highest BCUT2D eigenvalue weighted by molar-refractivity contribution is 7.12. The highest BCUT2D eigenvalue weighted by Gasteiger charge is 2.37. The van der Waals surface area contributed by atoms with Crippen molar-refractivity contribution >= 4 is 17.1 Å². The Hall–Kier alpha value is -1.14. The van der Waals surface area contributed by atoms with Crippen LogP contribution in [0.3, 0.4) is 0 Å². The molecule has 0 fully saturated rings. The average molecular weight is 219 g/mol. The lowest BCUT2D eigenvalue weighted by Crippen LogP contribution is -2.24. The number of rotatable bonds is 0. The van der Waals surface area contributed by atoms with Gasteiger partial charge in [0.15, 0.2) is 5.78 Å². The van der Waals surface area contributed by atoms with Gasteiger partial charge in [-0.2, -0.15) is 5.26 Å². The van der Waals surface area contributed by atoms with E-state index in [-0.39, 0.29) is 5.78 Å². The Morgan fingerprint density at radius 1 is 1.60 bits per heavy atom. The van der Waals surface area contributed by atoms with Crippen LogP contribution in [0.25, 0.3) is 0 Å². The second kappa shape index (κ2) is 3.46. The number of Topliss-reactive ketones (excluding diaryl/α,β-unsaturated/α-hetero) is 1. The third-order valence-electron chi connectivity index (χ3n) is 3.01. The Balaban J connectivity index is 2.52. The number of thiophene rings is 1. The Kier molecular flexibility index (Phi) is 2.40. The molecule has 78 valence electrons. The fraction of sp³-hybridized carbons (Fsp3) is 0.500. The van der Waals surface area contributed by atoms with E-state index < -0.39 is 5.41 Å². The van der Waals surface area contributed by atoms with Gasteiger partial charge >= 0.3 is 0 Å². The molecule has 1 aliphatic rings. The molecule has 1 heterocycles. The summed E-state index contributed by atoms with van der Waals surface area (Å²) in [6.07, 6.45) is 2.56. The van der Waals surface area contributed by atoms with Crippen LogP contribution in [0.5, 0.6) is 0 Å². The zero-order valence-corrected chi connectivity index (χ0v) is 9.78. The van der Waals surface area contributed by atoms with Gasteiger partial charge in [0.2, 0.25) is 0 Å². The van der Waals surface area contributed by atoms with Crippen molar-refractivity contribution in [2.24, 2.45) is 5.41 Å². The van der Waals surface area contributed by atoms with Crippen molar-refractivity contribution in [2.45, 2.75) is 33.1 Å². The topological polar surface area (TPSA) is 40.9 Å². The monoisotopic (exact) mass is 219 g/mol. The van der Waals surface area contributed by atoms with Crippen LogP contribution < -0.4 is 0 Å². The van der Waals surface area contributed by atoms with Crippen LogP contribution in [0.4, 0.5) is 0 Å². The summed E-state index contributed by atoms with van der Waals surface area (Å²) in [5.74, 6) is 0.0156. The molecular formula is C12H13NOS. The SMILES string of the molecule is Cc1cc2c(s1)CCCC(C)(C#N)C2=O. The quantitative estimate of drug-likeness (QED) is 0.629. The molecule has 0 bridgehead atoms. The maximum absolute atomic E-state index is 12.2. The molecule has 0 aromatic carbocycles. The minimum atomic E-state index is -0.807. The van der Waals surface area contributed by atoms with Crippen molar-refractivity contribution in [3.8, 4) is 6.07 Å². The Labute approximate surface area is 93.5 Å². The number of hydrogen-bond acceptors (Lipinski definition) is 3. The van der Waals surface area contributed by atoms with Gasteiger partial charge in [-0.25, -0.2) is 0 Å². The molecule has 0 spiro atoms. The lowest BCUT2D eigenvalue weighted by atomic mass is 9.82. The number of carbonyl (C=O) groups excluding carboxylic acids is 1. The minimum Gasteiger partial charge on any atom is -0.292 e. The van der Waals surface area contributed by atoms with Crippen LogP contribution in [0.1, 0.15) is 39.9 Å². The molecule has 1 unspecified atom stereocenters. The molecule has 1 aromatic heterocycles. The fourth-order valence-corrected chi connectivity index (χ4v) is 3.13. The number of aryl methyl sites for hydroxylation is 2. The van der Waals surface area contributed by atoms with E-state index in [1.165, 1.54) is 0 Å². The first-order valence-electron chi connectivity index (χ1n) is 5.12. The number of hydrogen-bond donors (Lipinski definition) is 0. The molecule has 2 nitrogen and oxygen atoms in total. The zero-order valence-electron chi connectivity index (χ0n) is 8.96. The number of nitrogens with zero attached hydrogens (tertiary/aromatic N) is 1. The van der Waals surface area contributed by atoms with E-state index >= 15 is 0 Å². The van der Waals surface area contributed by atoms with Gasteiger partial charge in [-0.1, -0.05) is 0 Å². The van der Waals surface area contributed by atoms with Crippen molar-refractivity contribution in [3.05, 3.63) is 21.4 Å². The summed E-state index contributed by atoms with van der Waals surface area (Å²) in [5, 5.41) is 9.11. The van der Waals surface area contributed by atoms with Crippen LogP contribution >= 0.6 is 11.3 Å². The van der Waals surface area contributed by atoms with Crippen LogP contribution in [-0.4, -0.2) is 5.78 Å². The number of nitriles is 1. The molecule has 0 radical (unpaired) electrons. The summed E-state index contributed by atoms with van der Waals surface area (Å²) in [4.78, 5) is 14.5. The van der Waals surface area contributed by atoms with Crippen molar-refractivity contribution in [2.75, 3.05) is 0 Å². The van der Waals surface area contributed by atoms with Gasteiger partial charge in [0.1, 0.15) is 5.41 Å². The standard InChI is InChI=1S/C12H13NOS/c1-8-6-9-10(15-8)4-3-5-12(2,7-13)11(9)14/h6H,3-5H2,1-2H3. The van der Waals surface area contributed by atoms with E-state index in [9.17, 15) is 4.79 Å². The van der Waals surface area contributed by atoms with Gasteiger partial charge in [0, 0.05) is 15.3 Å². The first kappa shape index (κ1) is 10.4. The highest BCUT2D eigenvalue weighted by atomic mass is 32.1. The molecule has 0 aliphatic heterocycles. The molecule has 0 amide bonds. The molecule has 3 heteroatoms. The Bertz CT molecular complexity index is 455. The largest absolute Gasteiger partial charge is 0.292 e. The maximum Gasteiger partial charge on any atom is 0.183 e. The summed E-state index contributed by atoms with van der Waals surface area (Å²) in [6.45, 7) is 3.77. The minimum absolute atomic E-state index is 0.0156. The van der Waals surface area contributed by atoms with E-state index in [4.69, 9.17) is 5.26 Å². The third-order valence-corrected chi connectivity index (χ3v) is 4.12. The van der Waals surface area contributed by atoms with Crippen molar-refractivity contribution < 1.29 is 4.79 Å². The molecule has 2 rings (SSSR count). The van der Waals surface area contributed by atoms with Crippen LogP contribution in [0.2, 0.25) is 0 Å². The van der Waals surface area contributed by atoms with Gasteiger partial charge in [0.05, 0.1) is 6.07 Å². The molecule has 0 N–H and O–H groups in total. The number of ketones is 1. The smallest absolute Gasteiger partial charge is 0.183 e. The van der Waals surface area contributed by atoms with Crippen LogP contribution in [0, 0.1) is 23.7 Å². The fourth-order valence-electron chi connectivity index (χ4n) is 2.06. The molecule has 15 heavy (non-hydrogen) atoms. The van der Waals surface area contributed by atoms with Gasteiger partial charge < -0.3 is 0 Å². The molecule has 0 saturated heterocycles. The van der Waals surface area contributed by atoms with Gasteiger partial charge in [0.25, 0.3) is 0 Å². The second-order valence-corrected chi connectivity index (χ2v) is 5.66. The highest BCUT2D eigenvalue weighted by Crippen LogP contribution is 2.36. The zero-order chi connectivity index (χ0) is 11.1. The normalized spacial score (nSPS) is 25.5. The number of carbonyl (C=O) groups is 1. The summed E-state index contributed by atoms with van der Waals surface area (Å²) < 4.78 is 0. The molecule has 1 aromatic rings. The summed E-state index contributed by atoms with van der Waals surface area (Å²) >= 11 is 1.69. The summed E-state index contributed by atoms with van der Waals surface area (Å²) in [5.41, 5.74) is -0.0160. The van der Waals surface area contributed by atoms with Crippen molar-refractivity contribution in [3.63, 3.8) is 0 Å². The maximum atomic E-state index is 12.2. The van der Waals surface area contributed by atoms with Gasteiger partial charge in [-0.15, -0.1) is 11.3 Å². The van der Waals surface area contributed by atoms with Gasteiger partial charge in [-0.05, 0) is 39.2 Å². The van der Waals surface area contributed by atoms with Crippen LogP contribution in [-0.2, 0) is 6.42 Å².